The van der Waals surface area contributed by atoms with Crippen molar-refractivity contribution in [2.75, 3.05) is 31.1 Å². The number of hydrogen-bond donors (Lipinski definition) is 4. The van der Waals surface area contributed by atoms with E-state index in [1.165, 1.54) is 30.3 Å². The number of anilines is 2. The fourth-order valence-corrected chi connectivity index (χ4v) is 5.13. The average Bonchev–Trinajstić information content (AvgIpc) is 3.78. The number of fused-ring (bicyclic) bond motifs is 6. The first kappa shape index (κ1) is 31.3. The molecule has 1 unspecified atom stereocenters. The Labute approximate surface area is 272 Å². The van der Waals surface area contributed by atoms with Crippen LogP contribution in [0.25, 0.3) is 23.0 Å². The van der Waals surface area contributed by atoms with Crippen molar-refractivity contribution in [1.29, 1.82) is 0 Å². The molecule has 4 heterocycles. The standard InChI is InChI=1S/C31H28ClFN10O4/c1-46-31(45)38-21-4-6-22-25(13-21)35-17-47-11-10-24-23(33)7-5-20(37-24)14-26(30-34-15-27(22)40-30)39-29(44)9-2-18-12-19(32)3-8-28(18)43-16-36-41-42-43/h2-9,12-13,15-16,26,35H,10-11,14,17H2,1H3,(H,34,40)(H,38,45)(H,39,44)/b9-2+. The molecular formula is C31H28ClFN10O4. The molecule has 0 radical (unpaired) electrons. The highest BCUT2D eigenvalue weighted by Gasteiger charge is 2.21. The lowest BCUT2D eigenvalue weighted by Crippen LogP contribution is -2.29. The van der Waals surface area contributed by atoms with Crippen molar-refractivity contribution in [2.45, 2.75) is 18.9 Å². The molecule has 0 saturated heterocycles. The first-order valence-corrected chi connectivity index (χ1v) is 14.8. The number of nitrogens with one attached hydrogen (secondary N) is 4. The fraction of sp³-hybridized carbons (Fsp3) is 0.194. The van der Waals surface area contributed by atoms with Crippen LogP contribution in [0.5, 0.6) is 0 Å². The van der Waals surface area contributed by atoms with Gasteiger partial charge in [-0.2, -0.15) is 4.68 Å². The number of carbonyl (C=O) groups excluding carboxylic acids is 2. The summed E-state index contributed by atoms with van der Waals surface area (Å²) >= 11 is 6.23. The molecule has 14 nitrogen and oxygen atoms in total. The number of aromatic nitrogens is 7. The number of rotatable bonds is 5. The van der Waals surface area contributed by atoms with E-state index in [0.29, 0.717) is 50.4 Å². The second-order valence-corrected chi connectivity index (χ2v) is 10.8. The first-order chi connectivity index (χ1) is 22.9. The van der Waals surface area contributed by atoms with Gasteiger partial charge in [0, 0.05) is 58.3 Å². The van der Waals surface area contributed by atoms with Gasteiger partial charge in [0.1, 0.15) is 24.7 Å². The molecule has 5 aromatic rings. The molecule has 16 heteroatoms. The van der Waals surface area contributed by atoms with Crippen molar-refractivity contribution < 1.29 is 23.5 Å². The van der Waals surface area contributed by atoms with Gasteiger partial charge in [0.05, 0.1) is 36.8 Å². The first-order valence-electron chi connectivity index (χ1n) is 14.4. The normalized spacial score (nSPS) is 14.7. The smallest absolute Gasteiger partial charge is 0.411 e. The number of hydrogen-bond acceptors (Lipinski definition) is 10. The Hall–Kier alpha value is -5.67. The summed E-state index contributed by atoms with van der Waals surface area (Å²) in [5, 5.41) is 20.6. The van der Waals surface area contributed by atoms with Gasteiger partial charge < -0.3 is 25.1 Å². The quantitative estimate of drug-likeness (QED) is 0.197. The van der Waals surface area contributed by atoms with E-state index >= 15 is 0 Å². The number of H-pyrrole nitrogens is 1. The van der Waals surface area contributed by atoms with E-state index < -0.39 is 23.9 Å². The average molecular weight is 659 g/mol. The highest BCUT2D eigenvalue weighted by atomic mass is 35.5. The second-order valence-electron chi connectivity index (χ2n) is 10.3. The van der Waals surface area contributed by atoms with Gasteiger partial charge in [-0.15, -0.1) is 5.10 Å². The number of halogens is 2. The summed E-state index contributed by atoms with van der Waals surface area (Å²) in [6, 6.07) is 12.6. The summed E-state index contributed by atoms with van der Waals surface area (Å²) in [6.07, 6.45) is 5.94. The summed E-state index contributed by atoms with van der Waals surface area (Å²) in [7, 11) is 1.28. The lowest BCUT2D eigenvalue weighted by molar-refractivity contribution is -0.117. The van der Waals surface area contributed by atoms with Gasteiger partial charge >= 0.3 is 6.09 Å². The number of amides is 2. The number of carbonyl (C=O) groups is 2. The molecule has 1 atom stereocenters. The monoisotopic (exact) mass is 658 g/mol. The third-order valence-electron chi connectivity index (χ3n) is 7.21. The summed E-state index contributed by atoms with van der Waals surface area (Å²) in [5.74, 6) is -0.438. The molecule has 0 fully saturated rings. The van der Waals surface area contributed by atoms with Crippen LogP contribution in [0, 0.1) is 5.82 Å². The van der Waals surface area contributed by atoms with Crippen LogP contribution in [0.15, 0.2) is 67.1 Å². The zero-order valence-corrected chi connectivity index (χ0v) is 25.7. The minimum atomic E-state index is -0.678. The maximum absolute atomic E-state index is 14.7. The lowest BCUT2D eigenvalue weighted by Gasteiger charge is -2.16. The molecule has 6 rings (SSSR count). The Bertz CT molecular complexity index is 1930. The van der Waals surface area contributed by atoms with Gasteiger partial charge in [0.25, 0.3) is 0 Å². The maximum atomic E-state index is 14.7. The van der Waals surface area contributed by atoms with Crippen molar-refractivity contribution in [3.8, 4) is 16.9 Å². The highest BCUT2D eigenvalue weighted by molar-refractivity contribution is 6.30. The van der Waals surface area contributed by atoms with Gasteiger partial charge in [-0.1, -0.05) is 11.6 Å². The number of ether oxygens (including phenoxy) is 2. The number of aromatic amines is 1. The molecule has 240 valence electrons. The summed E-state index contributed by atoms with van der Waals surface area (Å²) in [4.78, 5) is 37.7. The molecule has 1 aliphatic heterocycles. The number of tetrazole rings is 1. The Morgan fingerprint density at radius 2 is 2.06 bits per heavy atom. The maximum Gasteiger partial charge on any atom is 0.411 e. The molecule has 3 aromatic heterocycles. The fourth-order valence-electron chi connectivity index (χ4n) is 4.95. The molecule has 0 saturated carbocycles. The van der Waals surface area contributed by atoms with Crippen molar-refractivity contribution >= 4 is 41.1 Å². The number of methoxy groups -OCH3 is 1. The van der Waals surface area contributed by atoms with Gasteiger partial charge in [-0.05, 0) is 65.0 Å². The number of nitrogens with zero attached hydrogens (tertiary/aromatic N) is 6. The van der Waals surface area contributed by atoms with Crippen LogP contribution in [-0.2, 0) is 27.1 Å². The molecule has 4 N–H and O–H groups in total. The summed E-state index contributed by atoms with van der Waals surface area (Å²) in [6.45, 7) is 0.295. The van der Waals surface area contributed by atoms with Crippen molar-refractivity contribution in [2.24, 2.45) is 0 Å². The van der Waals surface area contributed by atoms with Crippen LogP contribution in [0.1, 0.15) is 28.8 Å². The molecule has 1 aliphatic rings. The van der Waals surface area contributed by atoms with E-state index in [9.17, 15) is 14.0 Å². The van der Waals surface area contributed by atoms with Crippen LogP contribution >= 0.6 is 11.6 Å². The van der Waals surface area contributed by atoms with Crippen molar-refractivity contribution in [1.82, 2.24) is 40.5 Å². The van der Waals surface area contributed by atoms with E-state index in [0.717, 1.165) is 0 Å². The predicted molar refractivity (Wildman–Crippen MR) is 170 cm³/mol. The predicted octanol–water partition coefficient (Wildman–Crippen LogP) is 4.47. The van der Waals surface area contributed by atoms with Crippen LogP contribution in [0.4, 0.5) is 20.6 Å². The lowest BCUT2D eigenvalue weighted by atomic mass is 10.1. The summed E-state index contributed by atoms with van der Waals surface area (Å²) in [5.41, 5.74) is 4.39. The van der Waals surface area contributed by atoms with E-state index in [2.05, 4.69) is 41.4 Å². The molecule has 47 heavy (non-hydrogen) atoms. The zero-order valence-electron chi connectivity index (χ0n) is 24.9. The molecule has 0 aliphatic carbocycles. The minimum absolute atomic E-state index is 0.0973. The van der Waals surface area contributed by atoms with Crippen LogP contribution < -0.4 is 16.0 Å². The zero-order chi connectivity index (χ0) is 32.8. The Morgan fingerprint density at radius 3 is 2.89 bits per heavy atom. The van der Waals surface area contributed by atoms with Gasteiger partial charge in [-0.3, -0.25) is 15.1 Å². The minimum Gasteiger partial charge on any atom is -0.453 e. The Kier molecular flexibility index (Phi) is 9.45. The van der Waals surface area contributed by atoms with Gasteiger partial charge in [0.15, 0.2) is 0 Å². The highest BCUT2D eigenvalue weighted by Crippen LogP contribution is 2.31. The van der Waals surface area contributed by atoms with E-state index in [1.807, 2.05) is 0 Å². The van der Waals surface area contributed by atoms with Crippen LogP contribution in [0.2, 0.25) is 5.02 Å². The largest absolute Gasteiger partial charge is 0.453 e. The number of imidazole rings is 1. The number of benzene rings is 2. The van der Waals surface area contributed by atoms with Crippen LogP contribution in [-0.4, -0.2) is 67.6 Å². The number of pyridine rings is 1. The molecule has 2 amide bonds. The van der Waals surface area contributed by atoms with Crippen molar-refractivity contribution in [3.63, 3.8) is 0 Å². The van der Waals surface area contributed by atoms with E-state index in [-0.39, 0.29) is 31.9 Å². The van der Waals surface area contributed by atoms with E-state index in [1.54, 1.807) is 54.7 Å². The Balaban J connectivity index is 1.32. The van der Waals surface area contributed by atoms with Crippen LogP contribution in [0.3, 0.4) is 0 Å². The second kappa shape index (κ2) is 14.2. The molecular weight excluding hydrogens is 631 g/mol. The SMILES string of the molecule is COC(=O)Nc1ccc2c(c1)NCOCCc1nc(ccc1F)CC(NC(=O)/C=C/c1cc(Cl)ccc1-n1cnnn1)c1nc-2c[nH]1. The van der Waals surface area contributed by atoms with E-state index in [4.69, 9.17) is 26.1 Å². The molecule has 2 aromatic carbocycles. The third-order valence-corrected chi connectivity index (χ3v) is 7.44. The molecule has 4 bridgehead atoms. The summed E-state index contributed by atoms with van der Waals surface area (Å²) < 4.78 is 26.6. The van der Waals surface area contributed by atoms with Gasteiger partial charge in [0.2, 0.25) is 5.91 Å². The third kappa shape index (κ3) is 7.59. The Morgan fingerprint density at radius 1 is 1.17 bits per heavy atom. The topological polar surface area (TPSA) is 174 Å². The van der Waals surface area contributed by atoms with Gasteiger partial charge in [-0.25, -0.2) is 14.2 Å². The van der Waals surface area contributed by atoms with Crippen molar-refractivity contribution in [3.05, 3.63) is 101 Å². The molecule has 0 spiro atoms.